The summed E-state index contributed by atoms with van der Waals surface area (Å²) in [7, 11) is 0. The number of esters is 1. The summed E-state index contributed by atoms with van der Waals surface area (Å²) in [6.45, 7) is 6.09. The van der Waals surface area contributed by atoms with Gasteiger partial charge >= 0.3 is 5.97 Å². The smallest absolute Gasteiger partial charge is 0.302 e. The molecule has 0 aromatic rings. The van der Waals surface area contributed by atoms with E-state index in [0.717, 1.165) is 37.0 Å². The number of halogens is 1. The van der Waals surface area contributed by atoms with Crippen molar-refractivity contribution >= 4 is 34.3 Å². The molecule has 4 aliphatic rings. The second kappa shape index (κ2) is 7.70. The molecule has 0 amide bonds. The summed E-state index contributed by atoms with van der Waals surface area (Å²) in [5.41, 5.74) is 2.14. The van der Waals surface area contributed by atoms with E-state index < -0.39 is 0 Å². The zero-order valence-electron chi connectivity index (χ0n) is 17.6. The highest BCUT2D eigenvalue weighted by Crippen LogP contribution is 2.65. The lowest BCUT2D eigenvalue weighted by Crippen LogP contribution is -2.54. The van der Waals surface area contributed by atoms with E-state index >= 15 is 0 Å². The Labute approximate surface area is 183 Å². The lowest BCUT2D eigenvalue weighted by atomic mass is 9.44. The molecule has 0 N–H and O–H groups in total. The summed E-state index contributed by atoms with van der Waals surface area (Å²) in [5.74, 6) is 3.08. The number of allylic oxidation sites excluding steroid dienone is 2. The molecule has 0 unspecified atom stereocenters. The Balaban J connectivity index is 1.56. The van der Waals surface area contributed by atoms with E-state index in [1.807, 2.05) is 6.08 Å². The molecular weight excluding hydrogens is 463 g/mol. The van der Waals surface area contributed by atoms with Crippen molar-refractivity contribution in [2.45, 2.75) is 84.7 Å². The maximum absolute atomic E-state index is 12.0. The van der Waals surface area contributed by atoms with Crippen LogP contribution in [0.25, 0.3) is 0 Å². The Morgan fingerprint density at radius 1 is 1.21 bits per heavy atom. The molecule has 0 aliphatic heterocycles. The second-order valence-corrected chi connectivity index (χ2v) is 11.1. The fourth-order valence-corrected chi connectivity index (χ4v) is 8.88. The van der Waals surface area contributed by atoms with Crippen molar-refractivity contribution in [1.82, 2.24) is 0 Å². The molecule has 4 aliphatic carbocycles. The number of hydrogen-bond acceptors (Lipinski definition) is 3. The monoisotopic (exact) mass is 498 g/mol. The van der Waals surface area contributed by atoms with Gasteiger partial charge in [-0.1, -0.05) is 35.1 Å². The van der Waals surface area contributed by atoms with Crippen molar-refractivity contribution in [1.29, 1.82) is 0 Å². The van der Waals surface area contributed by atoms with Gasteiger partial charge in [0.15, 0.2) is 5.78 Å². The number of rotatable bonds is 3. The molecule has 28 heavy (non-hydrogen) atoms. The fraction of sp³-hybridized carbons (Fsp3) is 0.833. The highest BCUT2D eigenvalue weighted by atomic mass is 127. The van der Waals surface area contributed by atoms with Crippen LogP contribution in [0.5, 0.6) is 0 Å². The number of ketones is 1. The third kappa shape index (κ3) is 3.39. The molecule has 7 atom stereocenters. The fourth-order valence-electron chi connectivity index (χ4n) is 7.62. The van der Waals surface area contributed by atoms with Crippen LogP contribution < -0.4 is 0 Å². The van der Waals surface area contributed by atoms with Gasteiger partial charge < -0.3 is 4.74 Å². The maximum atomic E-state index is 12.0. The van der Waals surface area contributed by atoms with E-state index in [2.05, 4.69) is 36.4 Å². The van der Waals surface area contributed by atoms with Crippen LogP contribution in [0.1, 0.15) is 78.6 Å². The van der Waals surface area contributed by atoms with Crippen LogP contribution in [0.3, 0.4) is 0 Å². The Bertz CT molecular complexity index is 685. The molecule has 4 heteroatoms. The minimum atomic E-state index is -0.145. The first-order valence-electron chi connectivity index (χ1n) is 11.3. The van der Waals surface area contributed by atoms with Crippen LogP contribution in [-0.2, 0) is 14.3 Å². The summed E-state index contributed by atoms with van der Waals surface area (Å²) in [6.07, 6.45) is 12.6. The van der Waals surface area contributed by atoms with Gasteiger partial charge in [0.2, 0.25) is 0 Å². The van der Waals surface area contributed by atoms with Crippen molar-refractivity contribution in [2.75, 3.05) is 4.43 Å². The molecule has 0 bridgehead atoms. The first-order chi connectivity index (χ1) is 13.3. The molecule has 0 aromatic heterocycles. The normalized spacial score (nSPS) is 43.9. The van der Waals surface area contributed by atoms with Gasteiger partial charge in [-0.3, -0.25) is 9.59 Å². The second-order valence-electron chi connectivity index (χ2n) is 10.4. The Hall–Kier alpha value is -0.390. The van der Waals surface area contributed by atoms with Crippen molar-refractivity contribution in [3.05, 3.63) is 11.6 Å². The third-order valence-electron chi connectivity index (χ3n) is 9.10. The minimum Gasteiger partial charge on any atom is -0.463 e. The molecular formula is C24H35IO3. The van der Waals surface area contributed by atoms with E-state index in [0.29, 0.717) is 17.1 Å². The highest BCUT2D eigenvalue weighted by Gasteiger charge is 2.57. The summed E-state index contributed by atoms with van der Waals surface area (Å²) in [4.78, 5) is 23.5. The van der Waals surface area contributed by atoms with Crippen LogP contribution in [0, 0.1) is 34.5 Å². The standard InChI is InChI=1S/C24H35IO3/c1-15(28-16(2)26)17-4-7-22-20-6-5-18-12-19(27)8-10-23(18,3)21(20)9-11-24(22,13-17)14-25/h12,15,17,20-22H,4-11,13-14H2,1-3H3/t15-,17+,20-,21+,22+,23+,24-/m1/s1. The minimum absolute atomic E-state index is 0.0405. The number of fused-ring (bicyclic) bond motifs is 5. The Morgan fingerprint density at radius 3 is 2.71 bits per heavy atom. The average Bonchev–Trinajstić information content (AvgIpc) is 2.67. The Morgan fingerprint density at radius 2 is 2.00 bits per heavy atom. The first kappa shape index (κ1) is 20.9. The number of hydrogen-bond donors (Lipinski definition) is 0. The highest BCUT2D eigenvalue weighted by molar-refractivity contribution is 14.1. The maximum Gasteiger partial charge on any atom is 0.302 e. The molecule has 0 saturated heterocycles. The van der Waals surface area contributed by atoms with Crippen molar-refractivity contribution < 1.29 is 14.3 Å². The van der Waals surface area contributed by atoms with E-state index in [-0.39, 0.29) is 17.5 Å². The summed E-state index contributed by atoms with van der Waals surface area (Å²) < 4.78 is 6.80. The molecule has 4 rings (SSSR count). The van der Waals surface area contributed by atoms with Crippen LogP contribution >= 0.6 is 22.6 Å². The lowest BCUT2D eigenvalue weighted by Gasteiger charge is -2.61. The van der Waals surface area contributed by atoms with E-state index in [4.69, 9.17) is 4.74 Å². The van der Waals surface area contributed by atoms with E-state index in [9.17, 15) is 9.59 Å². The molecule has 3 saturated carbocycles. The predicted octanol–water partition coefficient (Wildman–Crippen LogP) is 5.89. The zero-order chi connectivity index (χ0) is 20.1. The number of carbonyl (C=O) groups is 2. The lowest BCUT2D eigenvalue weighted by molar-refractivity contribution is -0.152. The molecule has 0 heterocycles. The van der Waals surface area contributed by atoms with Crippen LogP contribution in [0.15, 0.2) is 11.6 Å². The molecule has 0 aromatic carbocycles. The molecule has 0 radical (unpaired) electrons. The summed E-state index contributed by atoms with van der Waals surface area (Å²) in [6, 6.07) is 0. The Kier molecular flexibility index (Phi) is 5.74. The summed E-state index contributed by atoms with van der Waals surface area (Å²) >= 11 is 2.63. The average molecular weight is 498 g/mol. The van der Waals surface area contributed by atoms with Crippen molar-refractivity contribution in [2.24, 2.45) is 34.5 Å². The van der Waals surface area contributed by atoms with Gasteiger partial charge in [-0.15, -0.1) is 0 Å². The molecule has 3 nitrogen and oxygen atoms in total. The van der Waals surface area contributed by atoms with Crippen LogP contribution in [0.2, 0.25) is 0 Å². The van der Waals surface area contributed by atoms with E-state index in [1.54, 1.807) is 0 Å². The number of ether oxygens (including phenoxy) is 1. The topological polar surface area (TPSA) is 43.4 Å². The molecule has 3 fully saturated rings. The first-order valence-corrected chi connectivity index (χ1v) is 12.8. The van der Waals surface area contributed by atoms with Gasteiger partial charge in [-0.2, -0.15) is 0 Å². The quantitative estimate of drug-likeness (QED) is 0.277. The largest absolute Gasteiger partial charge is 0.463 e. The third-order valence-corrected chi connectivity index (χ3v) is 10.6. The van der Waals surface area contributed by atoms with Gasteiger partial charge in [0.1, 0.15) is 6.10 Å². The zero-order valence-corrected chi connectivity index (χ0v) is 19.8. The van der Waals surface area contributed by atoms with Crippen molar-refractivity contribution in [3.63, 3.8) is 0 Å². The number of carbonyl (C=O) groups excluding carboxylic acids is 2. The summed E-state index contributed by atoms with van der Waals surface area (Å²) in [5, 5.41) is 0. The molecule has 0 spiro atoms. The van der Waals surface area contributed by atoms with Gasteiger partial charge in [0.25, 0.3) is 0 Å². The van der Waals surface area contributed by atoms with Gasteiger partial charge in [-0.25, -0.2) is 0 Å². The predicted molar refractivity (Wildman–Crippen MR) is 119 cm³/mol. The molecule has 156 valence electrons. The number of alkyl halides is 1. The van der Waals surface area contributed by atoms with Gasteiger partial charge in [0.05, 0.1) is 0 Å². The van der Waals surface area contributed by atoms with Gasteiger partial charge in [-0.05, 0) is 98.9 Å². The van der Waals surface area contributed by atoms with E-state index in [1.165, 1.54) is 55.4 Å². The van der Waals surface area contributed by atoms with Crippen LogP contribution in [-0.4, -0.2) is 22.3 Å². The van der Waals surface area contributed by atoms with Gasteiger partial charge in [0, 0.05) is 17.8 Å². The van der Waals surface area contributed by atoms with Crippen molar-refractivity contribution in [3.8, 4) is 0 Å². The SMILES string of the molecule is CC(=O)O[C@H](C)[C@H]1CC[C@H]2[C@@H]3CCC4=CC(=O)CC[C@]4(C)[C@H]3CC[C@]2(CI)C1. The van der Waals surface area contributed by atoms with Crippen LogP contribution in [0.4, 0.5) is 0 Å².